The van der Waals surface area contributed by atoms with Crippen LogP contribution < -0.4 is 0 Å². The van der Waals surface area contributed by atoms with Crippen LogP contribution >= 0.6 is 0 Å². The molecule has 0 fully saturated rings. The Hall–Kier alpha value is -1.35. The molecule has 0 radical (unpaired) electrons. The van der Waals surface area contributed by atoms with E-state index in [4.69, 9.17) is 0 Å². The van der Waals surface area contributed by atoms with Crippen LogP contribution in [0.2, 0.25) is 19.6 Å². The zero-order chi connectivity index (χ0) is 14.5. The molecule has 0 spiro atoms. The molecule has 0 bridgehead atoms. The highest BCUT2D eigenvalue weighted by molar-refractivity contribution is 6.81. The Balaban J connectivity index is 2.78. The van der Waals surface area contributed by atoms with Crippen molar-refractivity contribution in [3.05, 3.63) is 47.7 Å². The molecule has 0 aliphatic heterocycles. The first-order chi connectivity index (χ1) is 8.79. The molecule has 1 rings (SSSR count). The van der Waals surface area contributed by atoms with Gasteiger partial charge in [-0.1, -0.05) is 55.7 Å². The lowest BCUT2D eigenvalue weighted by atomic mass is 10.2. The van der Waals surface area contributed by atoms with E-state index in [1.807, 2.05) is 23.1 Å². The number of hydrogen-bond donors (Lipinski definition) is 0. The molecular formula is C16H25NOSi. The molecule has 0 aromatic heterocycles. The first-order valence-corrected chi connectivity index (χ1v) is 10.4. The summed E-state index contributed by atoms with van der Waals surface area (Å²) >= 11 is 0. The second kappa shape index (κ2) is 6.71. The predicted molar refractivity (Wildman–Crippen MR) is 84.6 cm³/mol. The van der Waals surface area contributed by atoms with Gasteiger partial charge in [-0.3, -0.25) is 4.79 Å². The summed E-state index contributed by atoms with van der Waals surface area (Å²) in [5.74, 6) is 0.112. The van der Waals surface area contributed by atoms with E-state index in [1.54, 1.807) is 6.08 Å². The molecule has 1 aromatic carbocycles. The first kappa shape index (κ1) is 15.7. The number of carbonyl (C=O) groups is 1. The summed E-state index contributed by atoms with van der Waals surface area (Å²) in [5, 5.41) is 0. The minimum absolute atomic E-state index is 0.112. The Labute approximate surface area is 118 Å². The fourth-order valence-electron chi connectivity index (χ4n) is 1.71. The third-order valence-corrected chi connectivity index (χ3v) is 3.99. The SMILES string of the molecule is CC(C)N(Cc1ccccc1)C(=O)/C=C/[Si](C)(C)C. The summed E-state index contributed by atoms with van der Waals surface area (Å²) in [4.78, 5) is 14.2. The van der Waals surface area contributed by atoms with Crippen LogP contribution in [0.25, 0.3) is 0 Å². The van der Waals surface area contributed by atoms with Crippen LogP contribution in [0.1, 0.15) is 19.4 Å². The fraction of sp³-hybridized carbons (Fsp3) is 0.438. The van der Waals surface area contributed by atoms with Crippen LogP contribution in [-0.4, -0.2) is 24.9 Å². The summed E-state index contributed by atoms with van der Waals surface area (Å²) < 4.78 is 0. The average molecular weight is 275 g/mol. The van der Waals surface area contributed by atoms with Crippen molar-refractivity contribution >= 4 is 14.0 Å². The lowest BCUT2D eigenvalue weighted by Gasteiger charge is -2.26. The quantitative estimate of drug-likeness (QED) is 0.590. The van der Waals surface area contributed by atoms with E-state index in [2.05, 4.69) is 51.3 Å². The van der Waals surface area contributed by atoms with Crippen molar-refractivity contribution in [2.75, 3.05) is 0 Å². The van der Waals surface area contributed by atoms with Crippen LogP contribution in [0.5, 0.6) is 0 Å². The monoisotopic (exact) mass is 275 g/mol. The second-order valence-corrected chi connectivity index (χ2v) is 11.3. The molecule has 0 aliphatic rings. The van der Waals surface area contributed by atoms with Gasteiger partial charge in [0.15, 0.2) is 0 Å². The van der Waals surface area contributed by atoms with E-state index >= 15 is 0 Å². The third-order valence-electron chi connectivity index (χ3n) is 2.83. The highest BCUT2D eigenvalue weighted by atomic mass is 28.3. The van der Waals surface area contributed by atoms with E-state index < -0.39 is 8.07 Å². The summed E-state index contributed by atoms with van der Waals surface area (Å²) in [5.41, 5.74) is 3.28. The van der Waals surface area contributed by atoms with Crippen LogP contribution in [0.4, 0.5) is 0 Å². The van der Waals surface area contributed by atoms with Gasteiger partial charge in [0, 0.05) is 12.6 Å². The molecule has 0 heterocycles. The molecule has 0 saturated heterocycles. The summed E-state index contributed by atoms with van der Waals surface area (Å²) in [6.07, 6.45) is 1.76. The van der Waals surface area contributed by atoms with Crippen molar-refractivity contribution in [3.63, 3.8) is 0 Å². The van der Waals surface area contributed by atoms with Crippen molar-refractivity contribution in [2.45, 2.75) is 46.1 Å². The van der Waals surface area contributed by atoms with Gasteiger partial charge in [-0.15, -0.1) is 0 Å². The topological polar surface area (TPSA) is 20.3 Å². The van der Waals surface area contributed by atoms with E-state index in [0.717, 1.165) is 0 Å². The van der Waals surface area contributed by atoms with Crippen LogP contribution in [-0.2, 0) is 11.3 Å². The maximum absolute atomic E-state index is 12.3. The van der Waals surface area contributed by atoms with Gasteiger partial charge >= 0.3 is 0 Å². The molecule has 2 nitrogen and oxygen atoms in total. The van der Waals surface area contributed by atoms with E-state index in [1.165, 1.54) is 5.56 Å². The minimum Gasteiger partial charge on any atom is -0.332 e. The Morgan fingerprint density at radius 2 is 1.79 bits per heavy atom. The molecule has 19 heavy (non-hydrogen) atoms. The molecule has 1 aromatic rings. The third kappa shape index (κ3) is 5.88. The largest absolute Gasteiger partial charge is 0.332 e. The van der Waals surface area contributed by atoms with Crippen molar-refractivity contribution < 1.29 is 4.79 Å². The van der Waals surface area contributed by atoms with Gasteiger partial charge in [-0.05, 0) is 25.5 Å². The molecule has 0 aliphatic carbocycles. The highest BCUT2D eigenvalue weighted by Crippen LogP contribution is 2.10. The summed E-state index contributed by atoms with van der Waals surface area (Å²) in [6, 6.07) is 10.3. The van der Waals surface area contributed by atoms with Gasteiger partial charge in [0.05, 0.1) is 8.07 Å². The molecule has 0 unspecified atom stereocenters. The molecule has 0 N–H and O–H groups in total. The van der Waals surface area contributed by atoms with Crippen molar-refractivity contribution in [1.29, 1.82) is 0 Å². The lowest BCUT2D eigenvalue weighted by Crippen LogP contribution is -2.35. The molecule has 1 amide bonds. The van der Waals surface area contributed by atoms with Gasteiger partial charge in [-0.25, -0.2) is 0 Å². The van der Waals surface area contributed by atoms with E-state index in [-0.39, 0.29) is 11.9 Å². The molecular weight excluding hydrogens is 250 g/mol. The number of rotatable bonds is 5. The highest BCUT2D eigenvalue weighted by Gasteiger charge is 2.16. The number of benzene rings is 1. The zero-order valence-electron chi connectivity index (χ0n) is 12.7. The van der Waals surface area contributed by atoms with Gasteiger partial charge in [0.1, 0.15) is 0 Å². The Kier molecular flexibility index (Phi) is 5.55. The maximum atomic E-state index is 12.3. The number of amides is 1. The number of hydrogen-bond acceptors (Lipinski definition) is 1. The van der Waals surface area contributed by atoms with Crippen LogP contribution in [0, 0.1) is 0 Å². The first-order valence-electron chi connectivity index (χ1n) is 6.83. The van der Waals surface area contributed by atoms with E-state index in [9.17, 15) is 4.79 Å². The fourth-order valence-corrected chi connectivity index (χ4v) is 2.35. The normalized spacial score (nSPS) is 12.1. The molecule has 3 heteroatoms. The zero-order valence-corrected chi connectivity index (χ0v) is 13.7. The summed E-state index contributed by atoms with van der Waals surface area (Å²) in [6.45, 7) is 11.5. The van der Waals surface area contributed by atoms with Gasteiger partial charge in [-0.2, -0.15) is 0 Å². The Morgan fingerprint density at radius 3 is 2.26 bits per heavy atom. The van der Waals surface area contributed by atoms with Gasteiger partial charge in [0.25, 0.3) is 0 Å². The van der Waals surface area contributed by atoms with Crippen molar-refractivity contribution in [1.82, 2.24) is 4.90 Å². The van der Waals surface area contributed by atoms with Gasteiger partial charge in [0.2, 0.25) is 5.91 Å². The smallest absolute Gasteiger partial charge is 0.246 e. The van der Waals surface area contributed by atoms with Crippen molar-refractivity contribution in [2.24, 2.45) is 0 Å². The van der Waals surface area contributed by atoms with E-state index in [0.29, 0.717) is 6.54 Å². The van der Waals surface area contributed by atoms with Gasteiger partial charge < -0.3 is 4.90 Å². The second-order valence-electron chi connectivity index (χ2n) is 6.24. The molecule has 0 saturated carbocycles. The standard InChI is InChI=1S/C16H25NOSi/c1-14(2)17(13-15-9-7-6-8-10-15)16(18)11-12-19(3,4)5/h6-12,14H,13H2,1-5H3/b12-11+. The lowest BCUT2D eigenvalue weighted by molar-refractivity contribution is -0.128. The molecule has 104 valence electrons. The molecule has 0 atom stereocenters. The predicted octanol–water partition coefficient (Wildman–Crippen LogP) is 3.86. The number of carbonyl (C=O) groups excluding carboxylic acids is 1. The Morgan fingerprint density at radius 1 is 1.21 bits per heavy atom. The minimum atomic E-state index is -1.32. The average Bonchev–Trinajstić information content (AvgIpc) is 2.33. The Bertz CT molecular complexity index is 432. The van der Waals surface area contributed by atoms with Crippen molar-refractivity contribution in [3.8, 4) is 0 Å². The number of nitrogens with zero attached hydrogens (tertiary/aromatic N) is 1. The van der Waals surface area contributed by atoms with Crippen LogP contribution in [0.3, 0.4) is 0 Å². The maximum Gasteiger partial charge on any atom is 0.246 e. The van der Waals surface area contributed by atoms with Crippen LogP contribution in [0.15, 0.2) is 42.1 Å². The summed E-state index contributed by atoms with van der Waals surface area (Å²) in [7, 11) is -1.32.